The van der Waals surface area contributed by atoms with Crippen LogP contribution in [0, 0.1) is 6.92 Å². The standard InChI is InChI=1S/C19H27N3O4S.HI/c1-5-20-18(22-13-19(3,23)17-11-6-14(2)26-17)21-12-15-7-9-16(10-8-15)27(4,24)25;/h6-11,23H,5,12-13H2,1-4H3,(H2,20,21,22);1H. The number of rotatable bonds is 7. The molecule has 9 heteroatoms. The van der Waals surface area contributed by atoms with E-state index in [4.69, 9.17) is 4.42 Å². The molecule has 0 aliphatic heterocycles. The van der Waals surface area contributed by atoms with Crippen LogP contribution in [-0.4, -0.2) is 38.8 Å². The molecule has 1 atom stereocenters. The van der Waals surface area contributed by atoms with E-state index in [1.165, 1.54) is 6.26 Å². The number of halogens is 1. The maximum absolute atomic E-state index is 11.5. The monoisotopic (exact) mass is 521 g/mol. The van der Waals surface area contributed by atoms with Crippen LogP contribution in [-0.2, 0) is 22.0 Å². The molecule has 0 saturated carbocycles. The van der Waals surface area contributed by atoms with E-state index in [2.05, 4.69) is 15.6 Å². The van der Waals surface area contributed by atoms with Crippen LogP contribution in [0.3, 0.4) is 0 Å². The topological polar surface area (TPSA) is 104 Å². The molecule has 2 rings (SSSR count). The molecule has 1 aromatic carbocycles. The number of aliphatic imine (C=N–C) groups is 1. The highest BCUT2D eigenvalue weighted by Gasteiger charge is 2.27. The summed E-state index contributed by atoms with van der Waals surface area (Å²) in [4.78, 5) is 4.76. The molecule has 0 radical (unpaired) electrons. The van der Waals surface area contributed by atoms with E-state index in [9.17, 15) is 13.5 Å². The second-order valence-corrected chi connectivity index (χ2v) is 8.66. The average molecular weight is 521 g/mol. The van der Waals surface area contributed by atoms with Gasteiger partial charge in [0.15, 0.2) is 15.8 Å². The number of furan rings is 1. The minimum Gasteiger partial charge on any atom is -0.463 e. The van der Waals surface area contributed by atoms with Gasteiger partial charge in [-0.1, -0.05) is 12.1 Å². The number of benzene rings is 1. The fraction of sp³-hybridized carbons (Fsp3) is 0.421. The molecule has 0 spiro atoms. The Balaban J connectivity index is 0.00000392. The quantitative estimate of drug-likeness (QED) is 0.294. The number of nitrogens with one attached hydrogen (secondary N) is 2. The molecule has 0 amide bonds. The van der Waals surface area contributed by atoms with Crippen molar-refractivity contribution in [3.05, 3.63) is 53.5 Å². The fourth-order valence-corrected chi connectivity index (χ4v) is 3.05. The zero-order valence-electron chi connectivity index (χ0n) is 16.5. The van der Waals surface area contributed by atoms with Gasteiger partial charge >= 0.3 is 0 Å². The summed E-state index contributed by atoms with van der Waals surface area (Å²) in [7, 11) is -3.21. The van der Waals surface area contributed by atoms with Gasteiger partial charge in [-0.25, -0.2) is 13.4 Å². The van der Waals surface area contributed by atoms with Crippen LogP contribution >= 0.6 is 24.0 Å². The summed E-state index contributed by atoms with van der Waals surface area (Å²) in [5, 5.41) is 16.8. The molecule has 0 fully saturated rings. The summed E-state index contributed by atoms with van der Waals surface area (Å²) in [5.74, 6) is 1.77. The minimum absolute atomic E-state index is 0. The SMILES string of the molecule is CCNC(=NCc1ccc(S(C)(=O)=O)cc1)NCC(C)(O)c1ccc(C)o1.I. The van der Waals surface area contributed by atoms with Crippen LogP contribution in [0.15, 0.2) is 50.7 Å². The first-order valence-electron chi connectivity index (χ1n) is 8.72. The van der Waals surface area contributed by atoms with Gasteiger partial charge in [-0.05, 0) is 50.6 Å². The Labute approximate surface area is 183 Å². The number of sulfone groups is 1. The molecule has 1 heterocycles. The maximum Gasteiger partial charge on any atom is 0.191 e. The molecule has 2 aromatic rings. The maximum atomic E-state index is 11.5. The Morgan fingerprint density at radius 2 is 1.82 bits per heavy atom. The third-order valence-corrected chi connectivity index (χ3v) is 5.12. The number of guanidine groups is 1. The van der Waals surface area contributed by atoms with Crippen molar-refractivity contribution in [3.63, 3.8) is 0 Å². The van der Waals surface area contributed by atoms with E-state index in [1.807, 2.05) is 19.9 Å². The van der Waals surface area contributed by atoms with Gasteiger partial charge in [0.05, 0.1) is 18.0 Å². The molecule has 0 bridgehead atoms. The zero-order chi connectivity index (χ0) is 20.1. The van der Waals surface area contributed by atoms with Gasteiger partial charge in [0.2, 0.25) is 0 Å². The van der Waals surface area contributed by atoms with Crippen molar-refractivity contribution in [1.82, 2.24) is 10.6 Å². The van der Waals surface area contributed by atoms with E-state index >= 15 is 0 Å². The van der Waals surface area contributed by atoms with Crippen LogP contribution < -0.4 is 10.6 Å². The summed E-state index contributed by atoms with van der Waals surface area (Å²) < 4.78 is 28.5. The molecule has 1 unspecified atom stereocenters. The lowest BCUT2D eigenvalue weighted by Crippen LogP contribution is -2.44. The number of aliphatic hydroxyl groups is 1. The van der Waals surface area contributed by atoms with Crippen molar-refractivity contribution in [2.24, 2.45) is 4.99 Å². The summed E-state index contributed by atoms with van der Waals surface area (Å²) in [5.41, 5.74) is -0.297. The molecule has 0 aliphatic carbocycles. The van der Waals surface area contributed by atoms with E-state index in [-0.39, 0.29) is 35.4 Å². The first-order valence-corrected chi connectivity index (χ1v) is 10.6. The van der Waals surface area contributed by atoms with Crippen molar-refractivity contribution in [3.8, 4) is 0 Å². The Bertz CT molecular complexity index is 890. The third kappa shape index (κ3) is 7.10. The van der Waals surface area contributed by atoms with Crippen molar-refractivity contribution < 1.29 is 17.9 Å². The predicted molar refractivity (Wildman–Crippen MR) is 121 cm³/mol. The van der Waals surface area contributed by atoms with Crippen molar-refractivity contribution in [2.75, 3.05) is 19.3 Å². The number of hydrogen-bond acceptors (Lipinski definition) is 5. The molecule has 1 aromatic heterocycles. The molecule has 0 saturated heterocycles. The van der Waals surface area contributed by atoms with Gasteiger partial charge < -0.3 is 20.2 Å². The smallest absolute Gasteiger partial charge is 0.191 e. The van der Waals surface area contributed by atoms with Crippen LogP contribution in [0.4, 0.5) is 0 Å². The largest absolute Gasteiger partial charge is 0.463 e. The number of nitrogens with zero attached hydrogens (tertiary/aromatic N) is 1. The Morgan fingerprint density at radius 1 is 1.18 bits per heavy atom. The van der Waals surface area contributed by atoms with Gasteiger partial charge in [-0.15, -0.1) is 24.0 Å². The Morgan fingerprint density at radius 3 is 2.32 bits per heavy atom. The van der Waals surface area contributed by atoms with Crippen molar-refractivity contribution in [2.45, 2.75) is 37.8 Å². The molecular weight excluding hydrogens is 493 g/mol. The van der Waals surface area contributed by atoms with Gasteiger partial charge in [0.1, 0.15) is 17.1 Å². The lowest BCUT2D eigenvalue weighted by atomic mass is 10.0. The first-order chi connectivity index (χ1) is 12.6. The Hall–Kier alpha value is -1.59. The number of aryl methyl sites for hydroxylation is 1. The predicted octanol–water partition coefficient (Wildman–Crippen LogP) is 2.57. The third-order valence-electron chi connectivity index (χ3n) is 3.99. The van der Waals surface area contributed by atoms with Crippen molar-refractivity contribution in [1.29, 1.82) is 0 Å². The van der Waals surface area contributed by atoms with Gasteiger partial charge in [-0.3, -0.25) is 0 Å². The summed E-state index contributed by atoms with van der Waals surface area (Å²) in [6.07, 6.45) is 1.18. The minimum atomic E-state index is -3.21. The summed E-state index contributed by atoms with van der Waals surface area (Å²) >= 11 is 0. The van der Waals surface area contributed by atoms with Gasteiger partial charge in [0, 0.05) is 12.8 Å². The van der Waals surface area contributed by atoms with E-state index in [1.54, 1.807) is 37.3 Å². The molecule has 156 valence electrons. The molecule has 0 aliphatic rings. The first kappa shape index (κ1) is 24.4. The van der Waals surface area contributed by atoms with Crippen molar-refractivity contribution >= 4 is 39.8 Å². The second-order valence-electron chi connectivity index (χ2n) is 6.65. The Kier molecular flexibility index (Phi) is 8.96. The summed E-state index contributed by atoms with van der Waals surface area (Å²) in [6, 6.07) is 10.2. The molecule has 28 heavy (non-hydrogen) atoms. The summed E-state index contributed by atoms with van der Waals surface area (Å²) in [6.45, 7) is 6.71. The average Bonchev–Trinajstić information content (AvgIpc) is 3.04. The van der Waals surface area contributed by atoms with Crippen LogP contribution in [0.1, 0.15) is 30.9 Å². The van der Waals surface area contributed by atoms with E-state index < -0.39 is 15.4 Å². The molecule has 3 N–H and O–H groups in total. The van der Waals surface area contributed by atoms with Gasteiger partial charge in [-0.2, -0.15) is 0 Å². The highest BCUT2D eigenvalue weighted by atomic mass is 127. The molecular formula is C19H28IN3O4S. The van der Waals surface area contributed by atoms with Gasteiger partial charge in [0.25, 0.3) is 0 Å². The molecule has 7 nitrogen and oxygen atoms in total. The van der Waals surface area contributed by atoms with Crippen LogP contribution in [0.25, 0.3) is 0 Å². The fourth-order valence-electron chi connectivity index (χ4n) is 2.42. The van der Waals surface area contributed by atoms with Crippen LogP contribution in [0.2, 0.25) is 0 Å². The van der Waals surface area contributed by atoms with E-state index in [0.717, 1.165) is 11.3 Å². The zero-order valence-corrected chi connectivity index (χ0v) is 19.7. The normalized spacial score (nSPS) is 14.1. The highest BCUT2D eigenvalue weighted by Crippen LogP contribution is 2.21. The second kappa shape index (κ2) is 10.3. The highest BCUT2D eigenvalue weighted by molar-refractivity contribution is 14.0. The lowest BCUT2D eigenvalue weighted by Gasteiger charge is -2.22. The number of hydrogen-bond donors (Lipinski definition) is 3. The lowest BCUT2D eigenvalue weighted by molar-refractivity contribution is 0.0378. The van der Waals surface area contributed by atoms with Crippen LogP contribution in [0.5, 0.6) is 0 Å². The van der Waals surface area contributed by atoms with E-state index in [0.29, 0.717) is 24.8 Å².